The summed E-state index contributed by atoms with van der Waals surface area (Å²) >= 11 is 8.10. The normalized spacial score (nSPS) is 19.6. The van der Waals surface area contributed by atoms with Crippen LogP contribution in [0, 0.1) is 13.8 Å². The Kier molecular flexibility index (Phi) is 5.78. The third kappa shape index (κ3) is 4.05. The van der Waals surface area contributed by atoms with Crippen LogP contribution in [0.25, 0.3) is 0 Å². The van der Waals surface area contributed by atoms with Crippen LogP contribution < -0.4 is 0 Å². The van der Waals surface area contributed by atoms with Gasteiger partial charge in [-0.3, -0.25) is 0 Å². The average Bonchev–Trinajstić information content (AvgIpc) is 2.84. The number of thioether (sulfide) groups is 1. The minimum Gasteiger partial charge on any atom is -0.207 e. The van der Waals surface area contributed by atoms with Crippen molar-refractivity contribution in [1.82, 2.24) is 4.31 Å². The lowest BCUT2D eigenvalue weighted by atomic mass is 10.1. The summed E-state index contributed by atoms with van der Waals surface area (Å²) < 4.78 is 27.6. The first kappa shape index (κ1) is 18.8. The lowest BCUT2D eigenvalue weighted by molar-refractivity contribution is 0.428. The van der Waals surface area contributed by atoms with E-state index in [2.05, 4.69) is 0 Å². The zero-order valence-corrected chi connectivity index (χ0v) is 16.8. The first-order chi connectivity index (χ1) is 11.9. The van der Waals surface area contributed by atoms with E-state index in [0.717, 1.165) is 33.9 Å². The molecule has 0 N–H and O–H groups in total. The number of halogens is 1. The summed E-state index contributed by atoms with van der Waals surface area (Å²) in [6.07, 6.45) is 0.762. The molecule has 0 aliphatic carbocycles. The molecule has 0 bridgehead atoms. The Hall–Kier alpha value is -1.01. The number of rotatable bonds is 3. The van der Waals surface area contributed by atoms with E-state index in [-0.39, 0.29) is 5.25 Å². The fourth-order valence-corrected chi connectivity index (χ4v) is 6.25. The molecule has 1 heterocycles. The highest BCUT2D eigenvalue weighted by atomic mass is 35.5. The summed E-state index contributed by atoms with van der Waals surface area (Å²) in [4.78, 5) is 0.386. The van der Waals surface area contributed by atoms with Gasteiger partial charge in [0.05, 0.1) is 4.90 Å². The summed E-state index contributed by atoms with van der Waals surface area (Å²) in [6, 6.07) is 13.2. The molecule has 2 aromatic carbocycles. The Morgan fingerprint density at radius 3 is 2.56 bits per heavy atom. The highest BCUT2D eigenvalue weighted by Crippen LogP contribution is 2.38. The van der Waals surface area contributed by atoms with Crippen LogP contribution in [0.15, 0.2) is 47.4 Å². The number of aryl methyl sites for hydroxylation is 2. The summed E-state index contributed by atoms with van der Waals surface area (Å²) in [6.45, 7) is 4.97. The Balaban J connectivity index is 1.80. The molecule has 0 saturated carbocycles. The minimum atomic E-state index is -3.45. The van der Waals surface area contributed by atoms with Gasteiger partial charge in [-0.25, -0.2) is 8.42 Å². The van der Waals surface area contributed by atoms with Gasteiger partial charge in [0.25, 0.3) is 0 Å². The van der Waals surface area contributed by atoms with Crippen molar-refractivity contribution in [3.05, 3.63) is 64.2 Å². The second-order valence-corrected chi connectivity index (χ2v) is 9.98. The fourth-order valence-electron chi connectivity index (χ4n) is 3.00. The van der Waals surface area contributed by atoms with E-state index in [1.165, 1.54) is 0 Å². The lowest BCUT2D eigenvalue weighted by Gasteiger charge is -2.20. The second-order valence-electron chi connectivity index (χ2n) is 6.32. The maximum Gasteiger partial charge on any atom is 0.243 e. The maximum absolute atomic E-state index is 13.0. The van der Waals surface area contributed by atoms with Crippen molar-refractivity contribution >= 4 is 33.4 Å². The van der Waals surface area contributed by atoms with E-state index in [0.29, 0.717) is 18.0 Å². The van der Waals surface area contributed by atoms with Gasteiger partial charge in [-0.2, -0.15) is 16.1 Å². The number of hydrogen-bond donors (Lipinski definition) is 0. The Bertz CT molecular complexity index is 867. The second kappa shape index (κ2) is 7.70. The minimum absolute atomic E-state index is 0.230. The molecular formula is C19H22ClNO2S2. The first-order valence-electron chi connectivity index (χ1n) is 8.33. The molecule has 1 atom stereocenters. The number of benzene rings is 2. The standard InChI is InChI=1S/C19H22ClNO2S2/c1-14-7-8-16(13-15(14)2)25(22,23)21-10-9-19(24-12-11-21)17-5-3-4-6-18(17)20/h3-8,13,19H,9-12H2,1-2H3. The van der Waals surface area contributed by atoms with E-state index in [9.17, 15) is 8.42 Å². The number of nitrogens with zero attached hydrogens (tertiary/aromatic N) is 1. The molecule has 3 rings (SSSR count). The summed E-state index contributed by atoms with van der Waals surface area (Å²) in [5.74, 6) is 0.764. The largest absolute Gasteiger partial charge is 0.243 e. The molecule has 0 amide bonds. The molecule has 1 saturated heterocycles. The molecule has 1 fully saturated rings. The topological polar surface area (TPSA) is 37.4 Å². The van der Waals surface area contributed by atoms with Crippen molar-refractivity contribution in [1.29, 1.82) is 0 Å². The Morgan fingerprint density at radius 2 is 1.84 bits per heavy atom. The monoisotopic (exact) mass is 395 g/mol. The first-order valence-corrected chi connectivity index (χ1v) is 11.2. The van der Waals surface area contributed by atoms with Crippen molar-refractivity contribution in [2.24, 2.45) is 0 Å². The van der Waals surface area contributed by atoms with Crippen LogP contribution in [-0.4, -0.2) is 31.6 Å². The number of sulfonamides is 1. The molecule has 1 aliphatic rings. The predicted molar refractivity (Wildman–Crippen MR) is 106 cm³/mol. The summed E-state index contributed by atoms with van der Waals surface area (Å²) in [7, 11) is -3.45. The molecule has 25 heavy (non-hydrogen) atoms. The zero-order valence-electron chi connectivity index (χ0n) is 14.4. The quantitative estimate of drug-likeness (QED) is 0.747. The highest BCUT2D eigenvalue weighted by molar-refractivity contribution is 7.99. The van der Waals surface area contributed by atoms with Crippen molar-refractivity contribution in [3.8, 4) is 0 Å². The van der Waals surface area contributed by atoms with E-state index in [4.69, 9.17) is 11.6 Å². The third-order valence-electron chi connectivity index (χ3n) is 4.67. The van der Waals surface area contributed by atoms with Crippen LogP contribution in [-0.2, 0) is 10.0 Å². The van der Waals surface area contributed by atoms with Gasteiger partial charge >= 0.3 is 0 Å². The van der Waals surface area contributed by atoms with Gasteiger partial charge in [0, 0.05) is 29.1 Å². The molecule has 0 spiro atoms. The van der Waals surface area contributed by atoms with Crippen LogP contribution in [0.2, 0.25) is 5.02 Å². The van der Waals surface area contributed by atoms with Gasteiger partial charge in [0.2, 0.25) is 10.0 Å². The van der Waals surface area contributed by atoms with Gasteiger partial charge in [-0.15, -0.1) is 0 Å². The van der Waals surface area contributed by atoms with Gasteiger partial charge in [0.1, 0.15) is 0 Å². The van der Waals surface area contributed by atoms with Crippen molar-refractivity contribution in [2.45, 2.75) is 30.4 Å². The SMILES string of the molecule is Cc1ccc(S(=O)(=O)N2CCSC(c3ccccc3Cl)CC2)cc1C. The van der Waals surface area contributed by atoms with Gasteiger partial charge < -0.3 is 0 Å². The third-order valence-corrected chi connectivity index (χ3v) is 8.22. The molecular weight excluding hydrogens is 374 g/mol. The molecule has 6 heteroatoms. The maximum atomic E-state index is 13.0. The van der Waals surface area contributed by atoms with Crippen LogP contribution in [0.5, 0.6) is 0 Å². The summed E-state index contributed by atoms with van der Waals surface area (Å²) in [5, 5.41) is 0.985. The molecule has 2 aromatic rings. The lowest BCUT2D eigenvalue weighted by Crippen LogP contribution is -2.33. The van der Waals surface area contributed by atoms with Crippen molar-refractivity contribution in [2.75, 3.05) is 18.8 Å². The van der Waals surface area contributed by atoms with Gasteiger partial charge in [0.15, 0.2) is 0 Å². The van der Waals surface area contributed by atoms with Gasteiger partial charge in [-0.1, -0.05) is 35.9 Å². The van der Waals surface area contributed by atoms with Crippen molar-refractivity contribution < 1.29 is 8.42 Å². The summed E-state index contributed by atoms with van der Waals surface area (Å²) in [5.41, 5.74) is 3.20. The van der Waals surface area contributed by atoms with Crippen LogP contribution >= 0.6 is 23.4 Å². The Morgan fingerprint density at radius 1 is 1.08 bits per heavy atom. The molecule has 0 aromatic heterocycles. The molecule has 1 aliphatic heterocycles. The van der Waals surface area contributed by atoms with Crippen LogP contribution in [0.1, 0.15) is 28.4 Å². The molecule has 3 nitrogen and oxygen atoms in total. The average molecular weight is 396 g/mol. The smallest absolute Gasteiger partial charge is 0.207 e. The van der Waals surface area contributed by atoms with E-state index >= 15 is 0 Å². The van der Waals surface area contributed by atoms with E-state index in [1.54, 1.807) is 28.2 Å². The van der Waals surface area contributed by atoms with Gasteiger partial charge in [-0.05, 0) is 55.2 Å². The Labute approximate surface area is 159 Å². The van der Waals surface area contributed by atoms with Crippen LogP contribution in [0.4, 0.5) is 0 Å². The van der Waals surface area contributed by atoms with Crippen LogP contribution in [0.3, 0.4) is 0 Å². The molecule has 0 radical (unpaired) electrons. The number of hydrogen-bond acceptors (Lipinski definition) is 3. The molecule has 134 valence electrons. The fraction of sp³-hybridized carbons (Fsp3) is 0.368. The van der Waals surface area contributed by atoms with Crippen molar-refractivity contribution in [3.63, 3.8) is 0 Å². The molecule has 1 unspecified atom stereocenters. The van der Waals surface area contributed by atoms with E-state index in [1.807, 2.05) is 44.2 Å². The van der Waals surface area contributed by atoms with E-state index < -0.39 is 10.0 Å². The predicted octanol–water partition coefficient (Wildman–Crippen LogP) is 4.83. The zero-order chi connectivity index (χ0) is 18.0. The highest BCUT2D eigenvalue weighted by Gasteiger charge is 2.29.